The van der Waals surface area contributed by atoms with Crippen molar-refractivity contribution in [1.82, 2.24) is 5.32 Å². The lowest BCUT2D eigenvalue weighted by atomic mass is 9.86. The van der Waals surface area contributed by atoms with Gasteiger partial charge >= 0.3 is 0 Å². The molecule has 1 amide bonds. The number of benzene rings is 1. The average molecular weight is 321 g/mol. The number of nitriles is 1. The average Bonchev–Trinajstić information content (AvgIpc) is 2.89. The first-order valence-corrected chi connectivity index (χ1v) is 7.34. The molecular weight excluding hydrogens is 304 g/mol. The number of nitrogens with zero attached hydrogens (tertiary/aromatic N) is 1. The van der Waals surface area contributed by atoms with Gasteiger partial charge in [0.05, 0.1) is 12.1 Å². The van der Waals surface area contributed by atoms with Crippen LogP contribution in [0, 0.1) is 16.7 Å². The zero-order valence-corrected chi connectivity index (χ0v) is 12.5. The summed E-state index contributed by atoms with van der Waals surface area (Å²) in [6.07, 6.45) is 3.30. The largest absolute Gasteiger partial charge is 0.348 e. The van der Waals surface area contributed by atoms with Crippen molar-refractivity contribution in [2.24, 2.45) is 5.41 Å². The van der Waals surface area contributed by atoms with E-state index in [9.17, 15) is 10.1 Å². The molecule has 100 valence electrons. The maximum Gasteiger partial charge on any atom is 0.240 e. The van der Waals surface area contributed by atoms with Crippen molar-refractivity contribution in [3.63, 3.8) is 0 Å². The second-order valence-electron chi connectivity index (χ2n) is 5.15. The summed E-state index contributed by atoms with van der Waals surface area (Å²) in [5.74, 6) is -0.122. The highest BCUT2D eigenvalue weighted by molar-refractivity contribution is 9.10. The van der Waals surface area contributed by atoms with Crippen molar-refractivity contribution in [2.75, 3.05) is 0 Å². The van der Waals surface area contributed by atoms with Crippen molar-refractivity contribution in [3.8, 4) is 6.07 Å². The van der Waals surface area contributed by atoms with Gasteiger partial charge in [0.2, 0.25) is 5.91 Å². The molecule has 1 aromatic rings. The Morgan fingerprint density at radius 1 is 1.37 bits per heavy atom. The Kier molecular flexibility index (Phi) is 4.26. The fourth-order valence-electron chi connectivity index (χ4n) is 2.54. The summed E-state index contributed by atoms with van der Waals surface area (Å²) in [6.45, 7) is 1.95. The minimum Gasteiger partial charge on any atom is -0.348 e. The monoisotopic (exact) mass is 320 g/mol. The third-order valence-electron chi connectivity index (χ3n) is 3.82. The van der Waals surface area contributed by atoms with Crippen LogP contribution in [0.5, 0.6) is 0 Å². The van der Waals surface area contributed by atoms with E-state index in [0.29, 0.717) is 12.8 Å². The molecule has 19 heavy (non-hydrogen) atoms. The lowest BCUT2D eigenvalue weighted by Crippen LogP contribution is -2.39. The molecule has 1 aliphatic carbocycles. The van der Waals surface area contributed by atoms with E-state index in [2.05, 4.69) is 27.3 Å². The van der Waals surface area contributed by atoms with E-state index >= 15 is 0 Å². The zero-order chi connectivity index (χ0) is 13.9. The molecule has 0 aliphatic heterocycles. The number of amides is 1. The van der Waals surface area contributed by atoms with Gasteiger partial charge in [-0.2, -0.15) is 5.26 Å². The molecule has 4 heteroatoms. The maximum absolute atomic E-state index is 12.3. The first kappa shape index (κ1) is 14.1. The standard InChI is InChI=1S/C15H17BrN2O/c1-11(12-4-6-13(16)7-5-12)18-14(19)15(10-17)8-2-3-9-15/h4-7,11H,2-3,8-9H2,1H3,(H,18,19)/t11-/m0/s1. The first-order valence-electron chi connectivity index (χ1n) is 6.55. The minimum absolute atomic E-state index is 0.0774. The Labute approximate surface area is 122 Å². The molecule has 0 spiro atoms. The third kappa shape index (κ3) is 2.98. The molecule has 0 radical (unpaired) electrons. The Balaban J connectivity index is 2.06. The van der Waals surface area contributed by atoms with E-state index in [1.165, 1.54) is 0 Å². The van der Waals surface area contributed by atoms with Gasteiger partial charge in [-0.3, -0.25) is 4.79 Å². The van der Waals surface area contributed by atoms with Gasteiger partial charge in [-0.25, -0.2) is 0 Å². The van der Waals surface area contributed by atoms with E-state index in [1.807, 2.05) is 31.2 Å². The smallest absolute Gasteiger partial charge is 0.240 e. The summed E-state index contributed by atoms with van der Waals surface area (Å²) in [6, 6.07) is 10.0. The van der Waals surface area contributed by atoms with Crippen LogP contribution in [0.3, 0.4) is 0 Å². The van der Waals surface area contributed by atoms with Crippen LogP contribution in [0.4, 0.5) is 0 Å². The van der Waals surface area contributed by atoms with Crippen LogP contribution in [-0.2, 0) is 4.79 Å². The number of hydrogen-bond acceptors (Lipinski definition) is 2. The van der Waals surface area contributed by atoms with E-state index in [4.69, 9.17) is 0 Å². The normalized spacial score (nSPS) is 18.6. The van der Waals surface area contributed by atoms with Crippen LogP contribution in [0.15, 0.2) is 28.7 Å². The van der Waals surface area contributed by atoms with Crippen LogP contribution in [0.1, 0.15) is 44.2 Å². The zero-order valence-electron chi connectivity index (χ0n) is 10.9. The van der Waals surface area contributed by atoms with Gasteiger partial charge in [-0.15, -0.1) is 0 Å². The highest BCUT2D eigenvalue weighted by atomic mass is 79.9. The molecule has 3 nitrogen and oxygen atoms in total. The quantitative estimate of drug-likeness (QED) is 0.923. The van der Waals surface area contributed by atoms with Gasteiger partial charge in [-0.05, 0) is 37.5 Å². The van der Waals surface area contributed by atoms with E-state index in [0.717, 1.165) is 22.9 Å². The van der Waals surface area contributed by atoms with Crippen molar-refractivity contribution in [2.45, 2.75) is 38.6 Å². The van der Waals surface area contributed by atoms with Crippen LogP contribution in [0.25, 0.3) is 0 Å². The predicted octanol–water partition coefficient (Wildman–Crippen LogP) is 3.71. The molecule has 2 rings (SSSR count). The molecule has 1 saturated carbocycles. The number of carbonyl (C=O) groups is 1. The van der Waals surface area contributed by atoms with Crippen molar-refractivity contribution in [1.29, 1.82) is 5.26 Å². The molecule has 1 aliphatic rings. The number of carbonyl (C=O) groups excluding carboxylic acids is 1. The van der Waals surface area contributed by atoms with Crippen LogP contribution >= 0.6 is 15.9 Å². The maximum atomic E-state index is 12.3. The van der Waals surface area contributed by atoms with Crippen LogP contribution in [-0.4, -0.2) is 5.91 Å². The number of halogens is 1. The molecule has 0 aromatic heterocycles. The summed E-state index contributed by atoms with van der Waals surface area (Å²) in [5, 5.41) is 12.3. The van der Waals surface area contributed by atoms with Gasteiger partial charge in [-0.1, -0.05) is 40.9 Å². The molecule has 0 heterocycles. The third-order valence-corrected chi connectivity index (χ3v) is 4.35. The molecular formula is C15H17BrN2O. The van der Waals surface area contributed by atoms with Gasteiger partial charge < -0.3 is 5.32 Å². The van der Waals surface area contributed by atoms with Gasteiger partial charge in [0, 0.05) is 4.47 Å². The molecule has 1 N–H and O–H groups in total. The summed E-state index contributed by atoms with van der Waals surface area (Å²) >= 11 is 3.39. The lowest BCUT2D eigenvalue weighted by molar-refractivity contribution is -0.128. The highest BCUT2D eigenvalue weighted by Gasteiger charge is 2.41. The van der Waals surface area contributed by atoms with Crippen molar-refractivity contribution >= 4 is 21.8 Å². The van der Waals surface area contributed by atoms with Gasteiger partial charge in [0.15, 0.2) is 0 Å². The van der Waals surface area contributed by atoms with Crippen molar-refractivity contribution < 1.29 is 4.79 Å². The first-order chi connectivity index (χ1) is 9.07. The molecule has 0 saturated heterocycles. The summed E-state index contributed by atoms with van der Waals surface area (Å²) in [7, 11) is 0. The molecule has 1 fully saturated rings. The van der Waals surface area contributed by atoms with Crippen molar-refractivity contribution in [3.05, 3.63) is 34.3 Å². The Hall–Kier alpha value is -1.34. The summed E-state index contributed by atoms with van der Waals surface area (Å²) in [5.41, 5.74) is 0.242. The summed E-state index contributed by atoms with van der Waals surface area (Å²) in [4.78, 5) is 12.3. The number of hydrogen-bond donors (Lipinski definition) is 1. The SMILES string of the molecule is C[C@H](NC(=O)C1(C#N)CCCC1)c1ccc(Br)cc1. The van der Waals surface area contributed by atoms with E-state index in [-0.39, 0.29) is 11.9 Å². The van der Waals surface area contributed by atoms with E-state index < -0.39 is 5.41 Å². The lowest BCUT2D eigenvalue weighted by Gasteiger charge is -2.23. The Morgan fingerprint density at radius 3 is 2.47 bits per heavy atom. The molecule has 0 unspecified atom stereocenters. The Morgan fingerprint density at radius 2 is 1.95 bits per heavy atom. The second kappa shape index (κ2) is 5.75. The molecule has 1 aromatic carbocycles. The summed E-state index contributed by atoms with van der Waals surface area (Å²) < 4.78 is 1.01. The fraction of sp³-hybridized carbons (Fsp3) is 0.467. The minimum atomic E-state index is -0.802. The predicted molar refractivity (Wildman–Crippen MR) is 77.2 cm³/mol. The van der Waals surface area contributed by atoms with Gasteiger partial charge in [0.1, 0.15) is 5.41 Å². The number of nitrogens with one attached hydrogen (secondary N) is 1. The van der Waals surface area contributed by atoms with Crippen LogP contribution < -0.4 is 5.32 Å². The highest BCUT2D eigenvalue weighted by Crippen LogP contribution is 2.38. The topological polar surface area (TPSA) is 52.9 Å². The number of rotatable bonds is 3. The molecule has 1 atom stereocenters. The Bertz CT molecular complexity index is 498. The molecule has 0 bridgehead atoms. The van der Waals surface area contributed by atoms with Gasteiger partial charge in [0.25, 0.3) is 0 Å². The fourth-order valence-corrected chi connectivity index (χ4v) is 2.80. The second-order valence-corrected chi connectivity index (χ2v) is 6.06. The van der Waals surface area contributed by atoms with Crippen LogP contribution in [0.2, 0.25) is 0 Å². The van der Waals surface area contributed by atoms with E-state index in [1.54, 1.807) is 0 Å².